The molecular formula is C19H20ClN3O2. The zero-order valence-electron chi connectivity index (χ0n) is 14.6. The Morgan fingerprint density at radius 1 is 1.24 bits per heavy atom. The third-order valence-corrected chi connectivity index (χ3v) is 4.70. The van der Waals surface area contributed by atoms with Crippen molar-refractivity contribution in [2.24, 2.45) is 5.92 Å². The minimum atomic E-state index is -0.623. The average Bonchev–Trinajstić information content (AvgIpc) is 2.55. The van der Waals surface area contributed by atoms with Crippen LogP contribution in [0.3, 0.4) is 0 Å². The Morgan fingerprint density at radius 3 is 2.60 bits per heavy atom. The van der Waals surface area contributed by atoms with E-state index in [1.54, 1.807) is 30.5 Å². The molecule has 5 nitrogen and oxygen atoms in total. The van der Waals surface area contributed by atoms with Crippen molar-refractivity contribution in [3.05, 3.63) is 52.3 Å². The van der Waals surface area contributed by atoms with E-state index in [-0.39, 0.29) is 17.7 Å². The van der Waals surface area contributed by atoms with Crippen LogP contribution in [0.2, 0.25) is 5.02 Å². The van der Waals surface area contributed by atoms with Crippen molar-refractivity contribution in [1.29, 1.82) is 0 Å². The van der Waals surface area contributed by atoms with Crippen LogP contribution in [0.5, 0.6) is 0 Å². The molecule has 1 N–H and O–H groups in total. The minimum absolute atomic E-state index is 0.0670. The van der Waals surface area contributed by atoms with E-state index < -0.39 is 6.04 Å². The number of nitrogens with zero attached hydrogens (tertiary/aromatic N) is 2. The molecule has 0 saturated heterocycles. The number of anilines is 2. The second-order valence-electron chi connectivity index (χ2n) is 6.67. The number of pyridine rings is 1. The molecule has 2 heterocycles. The Bertz CT molecular complexity index is 864. The van der Waals surface area contributed by atoms with Crippen molar-refractivity contribution >= 4 is 34.8 Å². The van der Waals surface area contributed by atoms with Gasteiger partial charge in [-0.1, -0.05) is 25.4 Å². The number of nitrogens with one attached hydrogen (secondary N) is 1. The number of hydrogen-bond donors (Lipinski definition) is 1. The fourth-order valence-electron chi connectivity index (χ4n) is 2.98. The molecule has 1 aromatic heterocycles. The van der Waals surface area contributed by atoms with Crippen LogP contribution < -0.4 is 10.2 Å². The quantitative estimate of drug-likeness (QED) is 0.884. The molecule has 0 saturated carbocycles. The summed E-state index contributed by atoms with van der Waals surface area (Å²) in [6.45, 7) is 7.69. The number of fused-ring (bicyclic) bond motifs is 1. The van der Waals surface area contributed by atoms with E-state index in [2.05, 4.69) is 10.3 Å². The highest BCUT2D eigenvalue weighted by molar-refractivity contribution is 6.31. The van der Waals surface area contributed by atoms with Crippen molar-refractivity contribution < 1.29 is 9.59 Å². The Labute approximate surface area is 152 Å². The fourth-order valence-corrected chi connectivity index (χ4v) is 3.15. The van der Waals surface area contributed by atoms with Crippen LogP contribution in [-0.2, 0) is 4.79 Å². The first kappa shape index (κ1) is 17.4. The number of halogens is 1. The Kier molecular flexibility index (Phi) is 4.52. The number of aromatic nitrogens is 1. The molecular weight excluding hydrogens is 338 g/mol. The number of aryl methyl sites for hydroxylation is 2. The van der Waals surface area contributed by atoms with Crippen molar-refractivity contribution in [2.75, 3.05) is 10.2 Å². The number of hydrogen-bond acceptors (Lipinski definition) is 3. The normalized spacial score (nSPS) is 16.6. The summed E-state index contributed by atoms with van der Waals surface area (Å²) in [7, 11) is 0. The van der Waals surface area contributed by atoms with Gasteiger partial charge < -0.3 is 5.32 Å². The van der Waals surface area contributed by atoms with Crippen molar-refractivity contribution in [3.8, 4) is 0 Å². The van der Waals surface area contributed by atoms with Crippen LogP contribution >= 0.6 is 11.6 Å². The highest BCUT2D eigenvalue weighted by atomic mass is 35.5. The maximum absolute atomic E-state index is 13.2. The van der Waals surface area contributed by atoms with E-state index >= 15 is 0 Å². The van der Waals surface area contributed by atoms with Gasteiger partial charge in [0.25, 0.3) is 5.91 Å². The van der Waals surface area contributed by atoms with E-state index in [1.165, 1.54) is 4.90 Å². The van der Waals surface area contributed by atoms with Gasteiger partial charge in [0.05, 0.1) is 11.4 Å². The molecule has 0 bridgehead atoms. The predicted molar refractivity (Wildman–Crippen MR) is 99.2 cm³/mol. The predicted octanol–water partition coefficient (Wildman–Crippen LogP) is 3.98. The molecule has 130 valence electrons. The maximum atomic E-state index is 13.2. The number of amides is 2. The molecule has 0 spiro atoms. The topological polar surface area (TPSA) is 62.3 Å². The third kappa shape index (κ3) is 3.12. The molecule has 1 unspecified atom stereocenters. The molecule has 0 radical (unpaired) electrons. The summed E-state index contributed by atoms with van der Waals surface area (Å²) in [5.41, 5.74) is 3.47. The zero-order valence-corrected chi connectivity index (χ0v) is 15.4. The summed E-state index contributed by atoms with van der Waals surface area (Å²) < 4.78 is 0. The lowest BCUT2D eigenvalue weighted by Crippen LogP contribution is -2.53. The smallest absolute Gasteiger partial charge is 0.277 e. The highest BCUT2D eigenvalue weighted by Crippen LogP contribution is 2.37. The van der Waals surface area contributed by atoms with Gasteiger partial charge in [0.1, 0.15) is 11.7 Å². The SMILES string of the molecule is Cc1cnc(C(=O)N2c3cc(Cl)ccc3NC(=O)C2C(C)C)cc1C. The van der Waals surface area contributed by atoms with Gasteiger partial charge in [-0.3, -0.25) is 19.5 Å². The number of carbonyl (C=O) groups excluding carboxylic acids is 2. The molecule has 1 aliphatic heterocycles. The van der Waals surface area contributed by atoms with Crippen LogP contribution in [0.15, 0.2) is 30.5 Å². The second-order valence-corrected chi connectivity index (χ2v) is 7.10. The lowest BCUT2D eigenvalue weighted by molar-refractivity contribution is -0.118. The first-order valence-corrected chi connectivity index (χ1v) is 8.54. The molecule has 2 aromatic rings. The van der Waals surface area contributed by atoms with Gasteiger partial charge in [0.2, 0.25) is 5.91 Å². The molecule has 25 heavy (non-hydrogen) atoms. The second kappa shape index (κ2) is 6.48. The number of benzene rings is 1. The summed E-state index contributed by atoms with van der Waals surface area (Å²) in [5, 5.41) is 3.37. The Hall–Kier alpha value is -2.40. The standard InChI is InChI=1S/C19H20ClN3O2/c1-10(2)17-18(24)22-14-6-5-13(20)8-16(14)23(17)19(25)15-7-11(3)12(4)9-21-15/h5-10,17H,1-4H3,(H,22,24). The van der Waals surface area contributed by atoms with Gasteiger partial charge in [-0.15, -0.1) is 0 Å². The monoisotopic (exact) mass is 357 g/mol. The molecule has 1 aliphatic rings. The molecule has 1 aromatic carbocycles. The molecule has 3 rings (SSSR count). The van der Waals surface area contributed by atoms with Crippen molar-refractivity contribution in [3.63, 3.8) is 0 Å². The maximum Gasteiger partial charge on any atom is 0.277 e. The lowest BCUT2D eigenvalue weighted by atomic mass is 9.97. The lowest BCUT2D eigenvalue weighted by Gasteiger charge is -2.38. The first-order chi connectivity index (χ1) is 11.8. The van der Waals surface area contributed by atoms with E-state index in [1.807, 2.05) is 27.7 Å². The fraction of sp³-hybridized carbons (Fsp3) is 0.316. The first-order valence-electron chi connectivity index (χ1n) is 8.17. The third-order valence-electron chi connectivity index (χ3n) is 4.47. The summed E-state index contributed by atoms with van der Waals surface area (Å²) in [6, 6.07) is 6.23. The highest BCUT2D eigenvalue weighted by Gasteiger charge is 2.39. The Balaban J connectivity index is 2.15. The number of carbonyl (C=O) groups is 2. The molecule has 2 amide bonds. The van der Waals surface area contributed by atoms with E-state index in [9.17, 15) is 9.59 Å². The average molecular weight is 358 g/mol. The van der Waals surface area contributed by atoms with Gasteiger partial charge in [0.15, 0.2) is 0 Å². The van der Waals surface area contributed by atoms with Crippen LogP contribution in [0.25, 0.3) is 0 Å². The van der Waals surface area contributed by atoms with Crippen molar-refractivity contribution in [2.45, 2.75) is 33.7 Å². The van der Waals surface area contributed by atoms with Gasteiger partial charge in [-0.2, -0.15) is 0 Å². The largest absolute Gasteiger partial charge is 0.322 e. The van der Waals surface area contributed by atoms with Crippen LogP contribution in [0, 0.1) is 19.8 Å². The van der Waals surface area contributed by atoms with Crippen LogP contribution in [0.4, 0.5) is 11.4 Å². The summed E-state index contributed by atoms with van der Waals surface area (Å²) in [6.07, 6.45) is 1.68. The molecule has 0 fully saturated rings. The van der Waals surface area contributed by atoms with E-state index in [0.717, 1.165) is 11.1 Å². The molecule has 0 aliphatic carbocycles. The van der Waals surface area contributed by atoms with Gasteiger partial charge in [0, 0.05) is 11.2 Å². The van der Waals surface area contributed by atoms with Gasteiger partial charge in [-0.25, -0.2) is 0 Å². The van der Waals surface area contributed by atoms with Crippen molar-refractivity contribution in [1.82, 2.24) is 4.98 Å². The molecule has 6 heteroatoms. The minimum Gasteiger partial charge on any atom is -0.322 e. The summed E-state index contributed by atoms with van der Waals surface area (Å²) in [4.78, 5) is 31.6. The Morgan fingerprint density at radius 2 is 1.96 bits per heavy atom. The zero-order chi connectivity index (χ0) is 18.3. The van der Waals surface area contributed by atoms with Crippen LogP contribution in [-0.4, -0.2) is 22.8 Å². The molecule has 1 atom stereocenters. The van der Waals surface area contributed by atoms with Crippen LogP contribution in [0.1, 0.15) is 35.5 Å². The van der Waals surface area contributed by atoms with E-state index in [4.69, 9.17) is 11.6 Å². The van der Waals surface area contributed by atoms with E-state index in [0.29, 0.717) is 22.1 Å². The van der Waals surface area contributed by atoms with Gasteiger partial charge >= 0.3 is 0 Å². The van der Waals surface area contributed by atoms with Gasteiger partial charge in [-0.05, 0) is 55.2 Å². The summed E-state index contributed by atoms with van der Waals surface area (Å²) >= 11 is 6.14. The number of rotatable bonds is 2. The summed E-state index contributed by atoms with van der Waals surface area (Å²) in [5.74, 6) is -0.579.